The van der Waals surface area contributed by atoms with Gasteiger partial charge in [-0.1, -0.05) is 30.1 Å². The molecule has 1 fully saturated rings. The van der Waals surface area contributed by atoms with E-state index in [0.29, 0.717) is 40.9 Å². The molecule has 4 aromatic rings. The van der Waals surface area contributed by atoms with Gasteiger partial charge in [0.1, 0.15) is 17.5 Å². The maximum atomic E-state index is 13.6. The van der Waals surface area contributed by atoms with E-state index in [-0.39, 0.29) is 11.7 Å². The molecule has 1 aliphatic rings. The molecule has 1 aliphatic heterocycles. The van der Waals surface area contributed by atoms with Crippen LogP contribution < -0.4 is 4.90 Å². The molecule has 0 spiro atoms. The van der Waals surface area contributed by atoms with Crippen LogP contribution in [0, 0.1) is 12.7 Å². The van der Waals surface area contributed by atoms with Crippen molar-refractivity contribution in [1.29, 1.82) is 0 Å². The molecule has 10 heteroatoms. The SMILES string of the molecule is CCCc1nc(N2CCCN(C(=O)c3ccc(Cl)cc3Cl)CC2)c2c(C)nn(-c3ccc(F)cc3)c2n1. The summed E-state index contributed by atoms with van der Waals surface area (Å²) in [5.41, 5.74) is 2.68. The van der Waals surface area contributed by atoms with E-state index in [9.17, 15) is 9.18 Å². The van der Waals surface area contributed by atoms with E-state index in [1.165, 1.54) is 12.1 Å². The number of halogens is 3. The third kappa shape index (κ3) is 5.13. The average molecular weight is 541 g/mol. The molecule has 0 aliphatic carbocycles. The maximum Gasteiger partial charge on any atom is 0.255 e. The average Bonchev–Trinajstić information content (AvgIpc) is 3.04. The van der Waals surface area contributed by atoms with Gasteiger partial charge < -0.3 is 9.80 Å². The first-order chi connectivity index (χ1) is 17.9. The van der Waals surface area contributed by atoms with Crippen molar-refractivity contribution < 1.29 is 9.18 Å². The van der Waals surface area contributed by atoms with Gasteiger partial charge in [0.2, 0.25) is 0 Å². The van der Waals surface area contributed by atoms with E-state index in [1.807, 2.05) is 11.8 Å². The highest BCUT2D eigenvalue weighted by Gasteiger charge is 2.26. The molecule has 192 valence electrons. The lowest BCUT2D eigenvalue weighted by Crippen LogP contribution is -2.35. The minimum Gasteiger partial charge on any atom is -0.354 e. The number of aromatic nitrogens is 4. The molecule has 37 heavy (non-hydrogen) atoms. The first kappa shape index (κ1) is 25.4. The topological polar surface area (TPSA) is 67.2 Å². The molecule has 5 rings (SSSR count). The van der Waals surface area contributed by atoms with Gasteiger partial charge in [-0.05, 0) is 62.2 Å². The van der Waals surface area contributed by atoms with E-state index in [1.54, 1.807) is 35.0 Å². The molecule has 3 heterocycles. The molecule has 0 radical (unpaired) electrons. The highest BCUT2D eigenvalue weighted by Crippen LogP contribution is 2.30. The van der Waals surface area contributed by atoms with Crippen molar-refractivity contribution in [1.82, 2.24) is 24.6 Å². The Kier molecular flexibility index (Phi) is 7.31. The monoisotopic (exact) mass is 540 g/mol. The van der Waals surface area contributed by atoms with Crippen LogP contribution in [0.4, 0.5) is 10.2 Å². The minimum absolute atomic E-state index is 0.108. The summed E-state index contributed by atoms with van der Waals surface area (Å²) in [5, 5.41) is 6.46. The number of carbonyl (C=O) groups excluding carboxylic acids is 1. The molecule has 2 aromatic carbocycles. The van der Waals surface area contributed by atoms with Gasteiger partial charge in [-0.15, -0.1) is 0 Å². The predicted octanol–water partition coefficient (Wildman–Crippen LogP) is 5.87. The van der Waals surface area contributed by atoms with Crippen LogP contribution in [0.3, 0.4) is 0 Å². The Morgan fingerprint density at radius 2 is 1.81 bits per heavy atom. The molecule has 1 amide bonds. The first-order valence-corrected chi connectivity index (χ1v) is 13.1. The van der Waals surface area contributed by atoms with Crippen LogP contribution >= 0.6 is 23.2 Å². The van der Waals surface area contributed by atoms with Gasteiger partial charge >= 0.3 is 0 Å². The molecular weight excluding hydrogens is 514 g/mol. The number of carbonyl (C=O) groups is 1. The number of hydrogen-bond donors (Lipinski definition) is 0. The fourth-order valence-corrected chi connectivity index (χ4v) is 5.19. The van der Waals surface area contributed by atoms with Crippen molar-refractivity contribution in [3.63, 3.8) is 0 Å². The molecule has 0 saturated carbocycles. The molecule has 1 saturated heterocycles. The second-order valence-corrected chi connectivity index (χ2v) is 9.99. The van der Waals surface area contributed by atoms with Crippen LogP contribution in [0.15, 0.2) is 42.5 Å². The number of benzene rings is 2. The Balaban J connectivity index is 1.49. The summed E-state index contributed by atoms with van der Waals surface area (Å²) in [5.74, 6) is 1.14. The molecular formula is C27H27Cl2FN6O. The normalized spacial score (nSPS) is 14.3. The summed E-state index contributed by atoms with van der Waals surface area (Å²) < 4.78 is 15.3. The van der Waals surface area contributed by atoms with Gasteiger partial charge in [0, 0.05) is 37.6 Å². The fourth-order valence-electron chi connectivity index (χ4n) is 4.70. The standard InChI is InChI=1S/C27H27Cl2FN6O/c1-3-5-23-31-25(24-17(2)33-36(26(24)32-23)20-9-7-19(30)8-10-20)34-12-4-13-35(15-14-34)27(37)21-11-6-18(28)16-22(21)29/h6-11,16H,3-5,12-15H2,1-2H3. The lowest BCUT2D eigenvalue weighted by Gasteiger charge is -2.24. The Morgan fingerprint density at radius 1 is 1.03 bits per heavy atom. The van der Waals surface area contributed by atoms with Gasteiger partial charge in [0.15, 0.2) is 5.65 Å². The maximum absolute atomic E-state index is 13.6. The summed E-state index contributed by atoms with van der Waals surface area (Å²) in [6.07, 6.45) is 2.40. The van der Waals surface area contributed by atoms with Crippen molar-refractivity contribution >= 4 is 46.0 Å². The van der Waals surface area contributed by atoms with Crippen molar-refractivity contribution in [2.75, 3.05) is 31.1 Å². The van der Waals surface area contributed by atoms with Gasteiger partial charge in [-0.25, -0.2) is 19.0 Å². The molecule has 0 atom stereocenters. The largest absolute Gasteiger partial charge is 0.354 e. The van der Waals surface area contributed by atoms with E-state index in [0.717, 1.165) is 54.2 Å². The van der Waals surface area contributed by atoms with Crippen LogP contribution in [0.2, 0.25) is 10.0 Å². The summed E-state index contributed by atoms with van der Waals surface area (Å²) >= 11 is 12.3. The van der Waals surface area contributed by atoms with Crippen LogP contribution in [-0.2, 0) is 6.42 Å². The zero-order valence-corrected chi connectivity index (χ0v) is 22.2. The summed E-state index contributed by atoms with van der Waals surface area (Å²) in [7, 11) is 0. The quantitative estimate of drug-likeness (QED) is 0.316. The van der Waals surface area contributed by atoms with Crippen molar-refractivity contribution in [3.05, 3.63) is 75.4 Å². The molecule has 0 bridgehead atoms. The van der Waals surface area contributed by atoms with Crippen LogP contribution in [0.5, 0.6) is 0 Å². The number of amides is 1. The van der Waals surface area contributed by atoms with Crippen LogP contribution in [-0.4, -0.2) is 56.7 Å². The van der Waals surface area contributed by atoms with Crippen molar-refractivity contribution in [2.45, 2.75) is 33.1 Å². The smallest absolute Gasteiger partial charge is 0.255 e. The zero-order valence-electron chi connectivity index (χ0n) is 20.7. The zero-order chi connectivity index (χ0) is 26.1. The number of hydrogen-bond acceptors (Lipinski definition) is 5. The minimum atomic E-state index is -0.303. The second-order valence-electron chi connectivity index (χ2n) is 9.14. The third-order valence-electron chi connectivity index (χ3n) is 6.52. The highest BCUT2D eigenvalue weighted by atomic mass is 35.5. The number of fused-ring (bicyclic) bond motifs is 1. The Morgan fingerprint density at radius 3 is 2.54 bits per heavy atom. The third-order valence-corrected chi connectivity index (χ3v) is 7.07. The lowest BCUT2D eigenvalue weighted by atomic mass is 10.2. The molecule has 7 nitrogen and oxygen atoms in total. The Bertz CT molecular complexity index is 1460. The van der Waals surface area contributed by atoms with Crippen LogP contribution in [0.25, 0.3) is 16.7 Å². The number of nitrogens with zero attached hydrogens (tertiary/aromatic N) is 6. The molecule has 2 aromatic heterocycles. The van der Waals surface area contributed by atoms with E-state index >= 15 is 0 Å². The molecule has 0 unspecified atom stereocenters. The number of rotatable bonds is 5. The van der Waals surface area contributed by atoms with E-state index in [2.05, 4.69) is 11.8 Å². The summed E-state index contributed by atoms with van der Waals surface area (Å²) in [4.78, 5) is 27.1. The van der Waals surface area contributed by atoms with E-state index < -0.39 is 0 Å². The Labute approximate surface area is 224 Å². The number of aryl methyl sites for hydroxylation is 2. The predicted molar refractivity (Wildman–Crippen MR) is 145 cm³/mol. The van der Waals surface area contributed by atoms with Gasteiger partial charge in [-0.3, -0.25) is 4.79 Å². The number of anilines is 1. The summed E-state index contributed by atoms with van der Waals surface area (Å²) in [6, 6.07) is 11.2. The fraction of sp³-hybridized carbons (Fsp3) is 0.333. The van der Waals surface area contributed by atoms with E-state index in [4.69, 9.17) is 38.3 Å². The van der Waals surface area contributed by atoms with Crippen molar-refractivity contribution in [3.8, 4) is 5.69 Å². The summed E-state index contributed by atoms with van der Waals surface area (Å²) in [6.45, 7) is 6.50. The van der Waals surface area contributed by atoms with Crippen molar-refractivity contribution in [2.24, 2.45) is 0 Å². The van der Waals surface area contributed by atoms with Crippen LogP contribution in [0.1, 0.15) is 41.6 Å². The second kappa shape index (κ2) is 10.6. The van der Waals surface area contributed by atoms with Gasteiger partial charge in [0.05, 0.1) is 27.4 Å². The lowest BCUT2D eigenvalue weighted by molar-refractivity contribution is 0.0767. The first-order valence-electron chi connectivity index (χ1n) is 12.4. The van der Waals surface area contributed by atoms with Gasteiger partial charge in [-0.2, -0.15) is 5.10 Å². The molecule has 0 N–H and O–H groups in total. The Hall–Kier alpha value is -3.23. The highest BCUT2D eigenvalue weighted by molar-refractivity contribution is 6.36. The van der Waals surface area contributed by atoms with Gasteiger partial charge in [0.25, 0.3) is 5.91 Å².